The Kier molecular flexibility index (Phi) is 6.95. The van der Waals surface area contributed by atoms with Gasteiger partial charge in [-0.25, -0.2) is 0 Å². The van der Waals surface area contributed by atoms with Gasteiger partial charge in [-0.15, -0.1) is 0 Å². The van der Waals surface area contributed by atoms with Crippen molar-refractivity contribution < 1.29 is 9.53 Å². The highest BCUT2D eigenvalue weighted by Crippen LogP contribution is 2.27. The van der Waals surface area contributed by atoms with Gasteiger partial charge in [0.15, 0.2) is 0 Å². The Labute approximate surface area is 201 Å². The van der Waals surface area contributed by atoms with Gasteiger partial charge in [-0.05, 0) is 46.7 Å². The van der Waals surface area contributed by atoms with Gasteiger partial charge >= 0.3 is 0 Å². The molecular formula is C27H18Cl2N2O2. The minimum Gasteiger partial charge on any atom is -0.488 e. The van der Waals surface area contributed by atoms with Crippen LogP contribution in [0.2, 0.25) is 10.0 Å². The normalized spacial score (nSPS) is 11.1. The highest BCUT2D eigenvalue weighted by molar-refractivity contribution is 6.36. The third-order valence-corrected chi connectivity index (χ3v) is 5.59. The summed E-state index contributed by atoms with van der Waals surface area (Å²) in [4.78, 5) is 12.7. The van der Waals surface area contributed by atoms with Crippen LogP contribution in [0.15, 0.2) is 90.5 Å². The molecule has 4 aromatic rings. The average molecular weight is 473 g/mol. The van der Waals surface area contributed by atoms with E-state index in [9.17, 15) is 10.1 Å². The van der Waals surface area contributed by atoms with Crippen molar-refractivity contribution in [1.29, 1.82) is 5.26 Å². The van der Waals surface area contributed by atoms with Crippen LogP contribution in [-0.4, -0.2) is 5.91 Å². The molecule has 0 fully saturated rings. The van der Waals surface area contributed by atoms with Crippen molar-refractivity contribution in [2.75, 3.05) is 5.32 Å². The lowest BCUT2D eigenvalue weighted by molar-refractivity contribution is -0.112. The van der Waals surface area contributed by atoms with Gasteiger partial charge < -0.3 is 10.1 Å². The molecule has 0 heterocycles. The van der Waals surface area contributed by atoms with Crippen molar-refractivity contribution in [2.24, 2.45) is 0 Å². The summed E-state index contributed by atoms with van der Waals surface area (Å²) in [5, 5.41) is 15.2. The molecule has 0 aromatic heterocycles. The Morgan fingerprint density at radius 2 is 1.73 bits per heavy atom. The standard InChI is InChI=1S/C27H18Cl2N2O2/c28-22-12-13-24(29)25(15-22)31-27(32)21(16-30)14-19-7-2-4-11-26(19)33-17-20-9-5-8-18-6-1-3-10-23(18)20/h1-15H,17H2,(H,31,32)/b21-14-. The first kappa shape index (κ1) is 22.4. The molecule has 1 amide bonds. The predicted molar refractivity (Wildman–Crippen MR) is 133 cm³/mol. The Hall–Kier alpha value is -3.78. The van der Waals surface area contributed by atoms with E-state index in [0.717, 1.165) is 16.3 Å². The lowest BCUT2D eigenvalue weighted by Crippen LogP contribution is -2.13. The molecule has 4 aromatic carbocycles. The van der Waals surface area contributed by atoms with Crippen LogP contribution in [0.4, 0.5) is 5.69 Å². The SMILES string of the molecule is N#C/C(=C/c1ccccc1OCc1cccc2ccccc12)C(=O)Nc1cc(Cl)ccc1Cl. The first-order chi connectivity index (χ1) is 16.0. The fraction of sp³-hybridized carbons (Fsp3) is 0.0370. The number of carbonyl (C=O) groups is 1. The van der Waals surface area contributed by atoms with Crippen molar-refractivity contribution in [2.45, 2.75) is 6.61 Å². The summed E-state index contributed by atoms with van der Waals surface area (Å²) in [6, 6.07) is 28.1. The van der Waals surface area contributed by atoms with Gasteiger partial charge in [0, 0.05) is 10.6 Å². The second-order valence-electron chi connectivity index (χ2n) is 7.21. The maximum atomic E-state index is 12.7. The van der Waals surface area contributed by atoms with Gasteiger partial charge in [0.2, 0.25) is 0 Å². The third-order valence-electron chi connectivity index (χ3n) is 5.02. The fourth-order valence-corrected chi connectivity index (χ4v) is 3.73. The highest BCUT2D eigenvalue weighted by atomic mass is 35.5. The van der Waals surface area contributed by atoms with Gasteiger partial charge in [0.25, 0.3) is 5.91 Å². The second-order valence-corrected chi connectivity index (χ2v) is 8.06. The zero-order valence-electron chi connectivity index (χ0n) is 17.4. The zero-order valence-corrected chi connectivity index (χ0v) is 18.9. The predicted octanol–water partition coefficient (Wildman–Crippen LogP) is 7.27. The zero-order chi connectivity index (χ0) is 23.2. The van der Waals surface area contributed by atoms with E-state index < -0.39 is 5.91 Å². The molecule has 0 bridgehead atoms. The van der Waals surface area contributed by atoms with E-state index in [1.807, 2.05) is 42.5 Å². The number of rotatable bonds is 6. The monoisotopic (exact) mass is 472 g/mol. The molecule has 0 unspecified atom stereocenters. The Bertz CT molecular complexity index is 1400. The molecule has 0 aliphatic rings. The lowest BCUT2D eigenvalue weighted by Gasteiger charge is -2.12. The number of halogens is 2. The minimum absolute atomic E-state index is 0.0905. The second kappa shape index (κ2) is 10.2. The summed E-state index contributed by atoms with van der Waals surface area (Å²) in [5.74, 6) is -0.0303. The van der Waals surface area contributed by atoms with E-state index in [1.165, 1.54) is 12.1 Å². The van der Waals surface area contributed by atoms with Crippen molar-refractivity contribution in [3.05, 3.63) is 112 Å². The average Bonchev–Trinajstić information content (AvgIpc) is 2.84. The molecule has 1 N–H and O–H groups in total. The van der Waals surface area contributed by atoms with E-state index >= 15 is 0 Å². The molecule has 0 atom stereocenters. The topological polar surface area (TPSA) is 62.1 Å². The molecule has 6 heteroatoms. The Morgan fingerprint density at radius 3 is 2.58 bits per heavy atom. The number of nitrogens with zero attached hydrogens (tertiary/aromatic N) is 1. The number of ether oxygens (including phenoxy) is 1. The molecule has 0 saturated heterocycles. The van der Waals surface area contributed by atoms with Crippen LogP contribution < -0.4 is 10.1 Å². The fourth-order valence-electron chi connectivity index (χ4n) is 3.39. The quantitative estimate of drug-likeness (QED) is 0.237. The maximum Gasteiger partial charge on any atom is 0.266 e. The summed E-state index contributed by atoms with van der Waals surface area (Å²) in [6.07, 6.45) is 1.49. The highest BCUT2D eigenvalue weighted by Gasteiger charge is 2.13. The third kappa shape index (κ3) is 5.35. The maximum absolute atomic E-state index is 12.7. The van der Waals surface area contributed by atoms with Gasteiger partial charge in [-0.2, -0.15) is 5.26 Å². The minimum atomic E-state index is -0.592. The molecule has 0 radical (unpaired) electrons. The Morgan fingerprint density at radius 1 is 0.970 bits per heavy atom. The molecule has 4 nitrogen and oxygen atoms in total. The van der Waals surface area contributed by atoms with Crippen molar-refractivity contribution >= 4 is 51.6 Å². The first-order valence-corrected chi connectivity index (χ1v) is 10.9. The van der Waals surface area contributed by atoms with Crippen LogP contribution in [0, 0.1) is 11.3 Å². The summed E-state index contributed by atoms with van der Waals surface area (Å²) in [5.41, 5.74) is 1.89. The molecule has 0 aliphatic carbocycles. The van der Waals surface area contributed by atoms with E-state index in [4.69, 9.17) is 27.9 Å². The molecule has 162 valence electrons. The molecule has 0 spiro atoms. The molecular weight excluding hydrogens is 455 g/mol. The molecule has 4 rings (SSSR count). The van der Waals surface area contributed by atoms with Crippen molar-refractivity contribution in [3.63, 3.8) is 0 Å². The van der Waals surface area contributed by atoms with Crippen LogP contribution in [0.3, 0.4) is 0 Å². The van der Waals surface area contributed by atoms with Crippen LogP contribution in [-0.2, 0) is 11.4 Å². The lowest BCUT2D eigenvalue weighted by atomic mass is 10.1. The van der Waals surface area contributed by atoms with Gasteiger partial charge in [0.1, 0.15) is 24.0 Å². The molecule has 0 aliphatic heterocycles. The number of amides is 1. The summed E-state index contributed by atoms with van der Waals surface area (Å²) in [6.45, 7) is 0.346. The number of fused-ring (bicyclic) bond motifs is 1. The van der Waals surface area contributed by atoms with E-state index in [1.54, 1.807) is 24.3 Å². The number of para-hydroxylation sites is 1. The van der Waals surface area contributed by atoms with E-state index in [-0.39, 0.29) is 5.57 Å². The van der Waals surface area contributed by atoms with E-state index in [2.05, 4.69) is 23.5 Å². The van der Waals surface area contributed by atoms with Crippen molar-refractivity contribution in [1.82, 2.24) is 0 Å². The summed E-state index contributed by atoms with van der Waals surface area (Å²) in [7, 11) is 0. The smallest absolute Gasteiger partial charge is 0.266 e. The summed E-state index contributed by atoms with van der Waals surface area (Å²) < 4.78 is 6.09. The number of anilines is 1. The first-order valence-electron chi connectivity index (χ1n) is 10.1. The van der Waals surface area contributed by atoms with Crippen LogP contribution >= 0.6 is 23.2 Å². The van der Waals surface area contributed by atoms with Crippen LogP contribution in [0.1, 0.15) is 11.1 Å². The van der Waals surface area contributed by atoms with Gasteiger partial charge in [0.05, 0.1) is 10.7 Å². The van der Waals surface area contributed by atoms with Crippen molar-refractivity contribution in [3.8, 4) is 11.8 Å². The number of nitriles is 1. The van der Waals surface area contributed by atoms with E-state index in [0.29, 0.717) is 33.7 Å². The van der Waals surface area contributed by atoms with Gasteiger partial charge in [-0.3, -0.25) is 4.79 Å². The largest absolute Gasteiger partial charge is 0.488 e. The summed E-state index contributed by atoms with van der Waals surface area (Å²) >= 11 is 12.1. The number of carbonyl (C=O) groups excluding carboxylic acids is 1. The number of hydrogen-bond acceptors (Lipinski definition) is 3. The van der Waals surface area contributed by atoms with Crippen LogP contribution in [0.5, 0.6) is 5.75 Å². The number of nitrogens with one attached hydrogen (secondary N) is 1. The number of hydrogen-bond donors (Lipinski definition) is 1. The molecule has 33 heavy (non-hydrogen) atoms. The Balaban J connectivity index is 1.57. The number of benzene rings is 4. The molecule has 0 saturated carbocycles. The van der Waals surface area contributed by atoms with Gasteiger partial charge in [-0.1, -0.05) is 83.9 Å². The van der Waals surface area contributed by atoms with Crippen LogP contribution in [0.25, 0.3) is 16.8 Å².